The van der Waals surface area contributed by atoms with Gasteiger partial charge in [-0.1, -0.05) is 42.4 Å². The molecule has 7 nitrogen and oxygen atoms in total. The Morgan fingerprint density at radius 3 is 2.82 bits per heavy atom. The van der Waals surface area contributed by atoms with Gasteiger partial charge in [-0.05, 0) is 40.8 Å². The molecule has 3 aromatic rings. The molecule has 0 saturated carbocycles. The van der Waals surface area contributed by atoms with E-state index in [1.807, 2.05) is 31.2 Å². The minimum absolute atomic E-state index is 0.303. The number of amides is 1. The first-order valence-corrected chi connectivity index (χ1v) is 10.1. The normalized spacial score (nSPS) is 18.9. The summed E-state index contributed by atoms with van der Waals surface area (Å²) in [5.74, 6) is 0.407. The first-order chi connectivity index (χ1) is 13.5. The summed E-state index contributed by atoms with van der Waals surface area (Å²) in [5.41, 5.74) is 1.22. The molecule has 5 rings (SSSR count). The minimum Gasteiger partial charge on any atom is -0.317 e. The Kier molecular flexibility index (Phi) is 3.75. The van der Waals surface area contributed by atoms with Crippen molar-refractivity contribution in [2.24, 2.45) is 0 Å². The quantitative estimate of drug-likeness (QED) is 0.444. The van der Waals surface area contributed by atoms with E-state index >= 15 is 0 Å². The van der Waals surface area contributed by atoms with Crippen molar-refractivity contribution >= 4 is 40.6 Å². The summed E-state index contributed by atoms with van der Waals surface area (Å²) in [4.78, 5) is 29.1. The number of aromatic nitrogens is 3. The van der Waals surface area contributed by atoms with Crippen molar-refractivity contribution in [3.8, 4) is 11.3 Å². The highest BCUT2D eigenvalue weighted by Gasteiger charge is 2.62. The molecular weight excluding hydrogens is 398 g/mol. The van der Waals surface area contributed by atoms with Gasteiger partial charge in [0.1, 0.15) is 0 Å². The smallest absolute Gasteiger partial charge is 0.317 e. The summed E-state index contributed by atoms with van der Waals surface area (Å²) in [6.45, 7) is 1.97. The van der Waals surface area contributed by atoms with Crippen molar-refractivity contribution < 1.29 is 9.48 Å². The van der Waals surface area contributed by atoms with Gasteiger partial charge in [-0.25, -0.2) is 0 Å². The van der Waals surface area contributed by atoms with Crippen molar-refractivity contribution in [1.82, 2.24) is 10.1 Å². The molecule has 3 N–H and O–H groups in total. The summed E-state index contributed by atoms with van der Waals surface area (Å²) in [6.07, 6.45) is 0. The van der Waals surface area contributed by atoms with Crippen LogP contribution in [0.4, 0.5) is 11.4 Å². The molecule has 9 heteroatoms. The molecule has 0 aliphatic carbocycles. The van der Waals surface area contributed by atoms with Gasteiger partial charge in [0.15, 0.2) is 0 Å². The number of para-hydroxylation sites is 1. The van der Waals surface area contributed by atoms with Gasteiger partial charge in [0.2, 0.25) is 5.16 Å². The number of nitrogens with zero attached hydrogens (tertiary/aromatic N) is 2. The number of rotatable bonds is 2. The van der Waals surface area contributed by atoms with Crippen LogP contribution in [0.2, 0.25) is 5.02 Å². The Morgan fingerprint density at radius 1 is 1.18 bits per heavy atom. The fraction of sp³-hybridized carbons (Fsp3) is 0.158. The van der Waals surface area contributed by atoms with E-state index in [0.717, 1.165) is 5.75 Å². The zero-order valence-corrected chi connectivity index (χ0v) is 16.3. The monoisotopic (exact) mass is 412 g/mol. The molecule has 0 unspecified atom stereocenters. The number of carbonyl (C=O) groups excluding carboxylic acids is 1. The Bertz CT molecular complexity index is 1210. The van der Waals surface area contributed by atoms with Gasteiger partial charge >= 0.3 is 22.8 Å². The molecule has 1 amide bonds. The molecule has 3 heterocycles. The molecule has 140 valence electrons. The molecule has 2 aromatic carbocycles. The van der Waals surface area contributed by atoms with Crippen molar-refractivity contribution in [3.05, 3.63) is 63.4 Å². The second-order valence-electron chi connectivity index (χ2n) is 6.48. The average Bonchev–Trinajstić information content (AvgIpc) is 2.94. The van der Waals surface area contributed by atoms with Crippen LogP contribution >= 0.6 is 23.4 Å². The van der Waals surface area contributed by atoms with E-state index in [2.05, 4.69) is 20.7 Å². The Hall–Kier alpha value is -2.84. The number of benzene rings is 2. The Morgan fingerprint density at radius 2 is 2.00 bits per heavy atom. The highest BCUT2D eigenvalue weighted by Crippen LogP contribution is 2.42. The van der Waals surface area contributed by atoms with Crippen LogP contribution in [0, 0.1) is 0 Å². The van der Waals surface area contributed by atoms with E-state index in [-0.39, 0.29) is 11.5 Å². The summed E-state index contributed by atoms with van der Waals surface area (Å²) >= 11 is 7.64. The molecule has 0 radical (unpaired) electrons. The van der Waals surface area contributed by atoms with Gasteiger partial charge in [0.25, 0.3) is 0 Å². The van der Waals surface area contributed by atoms with Crippen molar-refractivity contribution in [1.29, 1.82) is 0 Å². The van der Waals surface area contributed by atoms with Crippen LogP contribution < -0.4 is 20.9 Å². The fourth-order valence-corrected chi connectivity index (χ4v) is 4.49. The van der Waals surface area contributed by atoms with Crippen molar-refractivity contribution in [2.45, 2.75) is 17.7 Å². The first kappa shape index (κ1) is 17.3. The second-order valence-corrected chi connectivity index (χ2v) is 8.17. The van der Waals surface area contributed by atoms with Crippen LogP contribution in [0.3, 0.4) is 0 Å². The molecule has 0 bridgehead atoms. The van der Waals surface area contributed by atoms with Crippen molar-refractivity contribution in [2.75, 3.05) is 16.4 Å². The first-order valence-electron chi connectivity index (χ1n) is 8.73. The Balaban J connectivity index is 1.90. The van der Waals surface area contributed by atoms with Crippen LogP contribution in [-0.2, 0) is 10.5 Å². The van der Waals surface area contributed by atoms with E-state index < -0.39 is 5.66 Å². The van der Waals surface area contributed by atoms with Gasteiger partial charge in [-0.3, -0.25) is 14.6 Å². The maximum Gasteiger partial charge on any atom is 0.374 e. The molecule has 0 saturated heterocycles. The predicted molar refractivity (Wildman–Crippen MR) is 108 cm³/mol. The van der Waals surface area contributed by atoms with E-state index in [1.54, 1.807) is 18.2 Å². The van der Waals surface area contributed by atoms with E-state index in [4.69, 9.17) is 11.6 Å². The van der Waals surface area contributed by atoms with Crippen molar-refractivity contribution in [3.63, 3.8) is 0 Å². The van der Waals surface area contributed by atoms with Crippen LogP contribution in [-0.4, -0.2) is 21.7 Å². The Labute approximate surface area is 169 Å². The molecule has 1 spiro atoms. The standard InChI is InChI=1S/C19H14ClN5O2S/c1-2-28-18-22-16(26)15-11-5-3-4-6-13(11)23-19(25(15)24-18)12-9-10(20)7-8-14(12)21-17(19)27/h3-9H,2H2,1H3,(H2,21,22,24,26,27)/p+1/t19-/m1/s1. The minimum atomic E-state index is -1.40. The lowest BCUT2D eigenvalue weighted by Crippen LogP contribution is -2.71. The van der Waals surface area contributed by atoms with Crippen LogP contribution in [0.15, 0.2) is 52.4 Å². The molecule has 1 atom stereocenters. The maximum atomic E-state index is 13.3. The largest absolute Gasteiger partial charge is 0.374 e. The van der Waals surface area contributed by atoms with E-state index in [1.165, 1.54) is 16.4 Å². The van der Waals surface area contributed by atoms with Gasteiger partial charge in [0.05, 0.1) is 22.5 Å². The molecule has 2 aliphatic rings. The number of fused-ring (bicyclic) bond motifs is 6. The lowest BCUT2D eigenvalue weighted by atomic mass is 9.95. The summed E-state index contributed by atoms with van der Waals surface area (Å²) in [7, 11) is 0. The number of H-pyrrole nitrogens is 1. The zero-order valence-electron chi connectivity index (χ0n) is 14.7. The van der Waals surface area contributed by atoms with Gasteiger partial charge in [-0.15, -0.1) is 0 Å². The molecule has 28 heavy (non-hydrogen) atoms. The molecular formula is C19H15ClN5O2S+. The number of halogens is 1. The highest BCUT2D eigenvalue weighted by molar-refractivity contribution is 7.99. The van der Waals surface area contributed by atoms with Gasteiger partial charge < -0.3 is 10.6 Å². The SMILES string of the molecule is CCSc1n[n+]2c(c(=O)[nH]1)-c1ccccc1N[C@@]21C(=O)Nc2ccc(Cl)cc21. The number of hydrogen-bond donors (Lipinski definition) is 3. The predicted octanol–water partition coefficient (Wildman–Crippen LogP) is 2.57. The summed E-state index contributed by atoms with van der Waals surface area (Å²) < 4.78 is 1.49. The van der Waals surface area contributed by atoms with Crippen LogP contribution in [0.1, 0.15) is 12.5 Å². The molecule has 1 aromatic heterocycles. The average molecular weight is 413 g/mol. The number of nitrogens with one attached hydrogen (secondary N) is 3. The number of thioether (sulfide) groups is 1. The third kappa shape index (κ3) is 2.25. The van der Waals surface area contributed by atoms with E-state index in [9.17, 15) is 9.59 Å². The number of hydrogen-bond acceptors (Lipinski definition) is 5. The summed E-state index contributed by atoms with van der Waals surface area (Å²) in [6, 6.07) is 12.6. The van der Waals surface area contributed by atoms with Crippen LogP contribution in [0.5, 0.6) is 0 Å². The van der Waals surface area contributed by atoms with Crippen LogP contribution in [0.25, 0.3) is 11.3 Å². The number of aromatic amines is 1. The fourth-order valence-electron chi connectivity index (χ4n) is 3.74. The zero-order chi connectivity index (χ0) is 19.5. The highest BCUT2D eigenvalue weighted by atomic mass is 35.5. The molecule has 2 aliphatic heterocycles. The lowest BCUT2D eigenvalue weighted by molar-refractivity contribution is -0.781. The maximum absolute atomic E-state index is 13.3. The van der Waals surface area contributed by atoms with Gasteiger partial charge in [-0.2, -0.15) is 0 Å². The number of anilines is 2. The number of carbonyl (C=O) groups is 1. The second kappa shape index (κ2) is 6.08. The lowest BCUT2D eigenvalue weighted by Gasteiger charge is -2.28. The summed E-state index contributed by atoms with van der Waals surface area (Å²) in [5, 5.41) is 11.8. The van der Waals surface area contributed by atoms with E-state index in [0.29, 0.717) is 38.4 Å². The topological polar surface area (TPSA) is 90.8 Å². The third-order valence-electron chi connectivity index (χ3n) is 4.88. The molecule has 0 fully saturated rings. The third-order valence-corrected chi connectivity index (χ3v) is 5.86. The van der Waals surface area contributed by atoms with Gasteiger partial charge in [0, 0.05) is 10.1 Å².